The minimum atomic E-state index is -0.976. The molecule has 0 unspecified atom stereocenters. The third kappa shape index (κ3) is 5.12. The maximum absolute atomic E-state index is 12.2. The molecule has 1 amide bonds. The molecular formula is C16H21Cl3N3O3+. The molecule has 1 aromatic rings. The lowest BCUT2D eigenvalue weighted by atomic mass is 9.89. The molecule has 1 atom stereocenters. The van der Waals surface area contributed by atoms with Gasteiger partial charge in [0.15, 0.2) is 6.10 Å². The van der Waals surface area contributed by atoms with E-state index >= 15 is 0 Å². The van der Waals surface area contributed by atoms with Gasteiger partial charge in [-0.2, -0.15) is 4.98 Å². The molecule has 1 aliphatic carbocycles. The second-order valence-electron chi connectivity index (χ2n) is 6.15. The van der Waals surface area contributed by atoms with Crippen LogP contribution in [0.2, 0.25) is 15.2 Å². The Labute approximate surface area is 161 Å². The summed E-state index contributed by atoms with van der Waals surface area (Å²) in [6.45, 7) is 2.08. The number of aromatic amines is 1. The second-order valence-corrected chi connectivity index (χ2v) is 7.29. The monoisotopic (exact) mass is 408 g/mol. The van der Waals surface area contributed by atoms with Gasteiger partial charge < -0.3 is 15.8 Å². The number of halogens is 3. The first kappa shape index (κ1) is 20.1. The van der Waals surface area contributed by atoms with Gasteiger partial charge in [-0.05, 0) is 37.3 Å². The molecular weight excluding hydrogens is 389 g/mol. The molecule has 1 saturated carbocycles. The number of nitrogens with two attached hydrogens (primary N) is 1. The molecule has 138 valence electrons. The molecule has 0 aliphatic heterocycles. The Morgan fingerprint density at radius 2 is 1.88 bits per heavy atom. The van der Waals surface area contributed by atoms with E-state index in [4.69, 9.17) is 45.3 Å². The summed E-state index contributed by atoms with van der Waals surface area (Å²) in [4.78, 5) is 26.9. The summed E-state index contributed by atoms with van der Waals surface area (Å²) in [6, 6.07) is 0. The fourth-order valence-electron chi connectivity index (χ4n) is 2.76. The molecule has 0 aromatic carbocycles. The minimum absolute atomic E-state index is 0.0153. The predicted octanol–water partition coefficient (Wildman–Crippen LogP) is 3.28. The highest BCUT2D eigenvalue weighted by Gasteiger charge is 2.30. The smallest absolute Gasteiger partial charge is 0.406 e. The van der Waals surface area contributed by atoms with Crippen LogP contribution in [0.5, 0.6) is 0 Å². The van der Waals surface area contributed by atoms with Gasteiger partial charge in [0.05, 0.1) is 5.69 Å². The number of carbonyl (C=O) groups excluding carboxylic acids is 2. The van der Waals surface area contributed by atoms with Gasteiger partial charge in [0.25, 0.3) is 11.1 Å². The SMILES string of the molecule is C[C@H](OC(=O)c1[nH+]c(Cl)c(Cl)c(N)c1Cl)C(=O)NCC1CCCCC1. The Kier molecular flexibility index (Phi) is 7.16. The number of hydrogen-bond acceptors (Lipinski definition) is 4. The molecule has 1 heterocycles. The number of rotatable bonds is 5. The van der Waals surface area contributed by atoms with Gasteiger partial charge in [-0.25, -0.2) is 4.79 Å². The Hall–Kier alpha value is -1.24. The molecule has 2 rings (SSSR count). The zero-order valence-electron chi connectivity index (χ0n) is 13.8. The first-order valence-electron chi connectivity index (χ1n) is 8.15. The van der Waals surface area contributed by atoms with Gasteiger partial charge in [-0.15, -0.1) is 0 Å². The number of aromatic nitrogens is 1. The number of nitrogen functional groups attached to an aromatic ring is 1. The van der Waals surface area contributed by atoms with Crippen molar-refractivity contribution in [3.8, 4) is 0 Å². The number of hydrogen-bond donors (Lipinski definition) is 2. The summed E-state index contributed by atoms with van der Waals surface area (Å²) < 4.78 is 5.14. The van der Waals surface area contributed by atoms with Crippen LogP contribution in [0.3, 0.4) is 0 Å². The molecule has 0 radical (unpaired) electrons. The summed E-state index contributed by atoms with van der Waals surface area (Å²) in [7, 11) is 0. The highest BCUT2D eigenvalue weighted by Crippen LogP contribution is 2.32. The van der Waals surface area contributed by atoms with Crippen molar-refractivity contribution in [1.82, 2.24) is 5.32 Å². The van der Waals surface area contributed by atoms with Gasteiger partial charge in [0.2, 0.25) is 0 Å². The summed E-state index contributed by atoms with van der Waals surface area (Å²) in [6.07, 6.45) is 4.89. The standard InChI is InChI=1S/C16H20Cl3N3O3/c1-8(15(23)21-7-9-5-3-2-4-6-9)25-16(24)13-10(17)12(20)11(18)14(19)22-13/h8-9H,2-7H2,1H3,(H2,20,22)(H,21,23)/p+1/t8-/m0/s1. The first-order valence-corrected chi connectivity index (χ1v) is 9.28. The number of esters is 1. The zero-order valence-corrected chi connectivity index (χ0v) is 16.1. The number of pyridine rings is 1. The van der Waals surface area contributed by atoms with Crippen molar-refractivity contribution in [1.29, 1.82) is 0 Å². The molecule has 0 bridgehead atoms. The third-order valence-electron chi connectivity index (χ3n) is 4.27. The molecule has 4 N–H and O–H groups in total. The van der Waals surface area contributed by atoms with E-state index < -0.39 is 12.1 Å². The molecule has 1 aliphatic rings. The molecule has 1 fully saturated rings. The molecule has 0 spiro atoms. The van der Waals surface area contributed by atoms with E-state index in [0.717, 1.165) is 12.8 Å². The van der Waals surface area contributed by atoms with Crippen LogP contribution >= 0.6 is 34.8 Å². The topological polar surface area (TPSA) is 95.6 Å². The number of carbonyl (C=O) groups is 2. The van der Waals surface area contributed by atoms with Crippen LogP contribution in [0, 0.1) is 5.92 Å². The van der Waals surface area contributed by atoms with Crippen LogP contribution in [-0.4, -0.2) is 24.5 Å². The number of ether oxygens (including phenoxy) is 1. The van der Waals surface area contributed by atoms with Crippen molar-refractivity contribution in [3.05, 3.63) is 20.9 Å². The van der Waals surface area contributed by atoms with E-state index in [1.165, 1.54) is 26.2 Å². The van der Waals surface area contributed by atoms with Crippen molar-refractivity contribution in [2.75, 3.05) is 12.3 Å². The highest BCUT2D eigenvalue weighted by atomic mass is 35.5. The minimum Gasteiger partial charge on any atom is -0.445 e. The maximum Gasteiger partial charge on any atom is 0.406 e. The Morgan fingerprint density at radius 1 is 1.24 bits per heavy atom. The first-order chi connectivity index (χ1) is 11.8. The van der Waals surface area contributed by atoms with Crippen molar-refractivity contribution in [3.63, 3.8) is 0 Å². The van der Waals surface area contributed by atoms with Crippen LogP contribution in [0.15, 0.2) is 0 Å². The van der Waals surface area contributed by atoms with Crippen LogP contribution in [0.1, 0.15) is 49.5 Å². The Balaban J connectivity index is 1.94. The summed E-state index contributed by atoms with van der Waals surface area (Å²) in [5.41, 5.74) is 5.50. The summed E-state index contributed by atoms with van der Waals surface area (Å²) in [5.74, 6) is -0.711. The lowest BCUT2D eigenvalue weighted by Crippen LogP contribution is -2.39. The number of anilines is 1. The van der Waals surface area contributed by atoms with Crippen molar-refractivity contribution >= 4 is 52.4 Å². The highest BCUT2D eigenvalue weighted by molar-refractivity contribution is 6.45. The van der Waals surface area contributed by atoms with Gasteiger partial charge >= 0.3 is 11.7 Å². The fourth-order valence-corrected chi connectivity index (χ4v) is 3.37. The molecule has 9 heteroatoms. The van der Waals surface area contributed by atoms with Gasteiger partial charge in [0.1, 0.15) is 10.0 Å². The van der Waals surface area contributed by atoms with Crippen LogP contribution in [-0.2, 0) is 9.53 Å². The van der Waals surface area contributed by atoms with Crippen LogP contribution in [0.25, 0.3) is 0 Å². The molecule has 25 heavy (non-hydrogen) atoms. The molecule has 6 nitrogen and oxygen atoms in total. The van der Waals surface area contributed by atoms with E-state index in [0.29, 0.717) is 12.5 Å². The summed E-state index contributed by atoms with van der Waals surface area (Å²) >= 11 is 17.7. The number of nitrogens with one attached hydrogen (secondary N) is 2. The largest absolute Gasteiger partial charge is 0.445 e. The lowest BCUT2D eigenvalue weighted by Gasteiger charge is -2.22. The van der Waals surface area contributed by atoms with Crippen LogP contribution in [0.4, 0.5) is 5.69 Å². The van der Waals surface area contributed by atoms with E-state index in [1.807, 2.05) is 0 Å². The van der Waals surface area contributed by atoms with E-state index in [1.54, 1.807) is 0 Å². The number of amides is 1. The van der Waals surface area contributed by atoms with Crippen LogP contribution < -0.4 is 16.0 Å². The quantitative estimate of drug-likeness (QED) is 0.576. The average Bonchev–Trinajstić information content (AvgIpc) is 2.61. The van der Waals surface area contributed by atoms with Crippen molar-refractivity contribution in [2.45, 2.75) is 45.1 Å². The molecule has 1 aromatic heterocycles. The lowest BCUT2D eigenvalue weighted by molar-refractivity contribution is -0.380. The van der Waals surface area contributed by atoms with Crippen molar-refractivity contribution < 1.29 is 19.3 Å². The Bertz CT molecular complexity index is 664. The average molecular weight is 410 g/mol. The predicted molar refractivity (Wildman–Crippen MR) is 96.9 cm³/mol. The fraction of sp³-hybridized carbons (Fsp3) is 0.562. The number of H-pyrrole nitrogens is 1. The normalized spacial score (nSPS) is 16.3. The summed E-state index contributed by atoms with van der Waals surface area (Å²) in [5, 5.41) is 2.70. The third-order valence-corrected chi connectivity index (χ3v) is 5.43. The molecule has 0 saturated heterocycles. The zero-order chi connectivity index (χ0) is 18.6. The maximum atomic E-state index is 12.2. The van der Waals surface area contributed by atoms with Gasteiger partial charge in [0, 0.05) is 6.54 Å². The van der Waals surface area contributed by atoms with E-state index in [-0.39, 0.29) is 32.5 Å². The Morgan fingerprint density at radius 3 is 2.52 bits per heavy atom. The van der Waals surface area contributed by atoms with Gasteiger partial charge in [-0.3, -0.25) is 4.79 Å². The second kappa shape index (κ2) is 8.92. The van der Waals surface area contributed by atoms with Gasteiger partial charge in [-0.1, -0.05) is 42.5 Å². The van der Waals surface area contributed by atoms with Crippen molar-refractivity contribution in [2.24, 2.45) is 5.92 Å². The van der Waals surface area contributed by atoms with E-state index in [2.05, 4.69) is 10.3 Å². The van der Waals surface area contributed by atoms with E-state index in [9.17, 15) is 9.59 Å².